The number of likely N-dealkylation sites (tertiary alicyclic amines) is 1. The van der Waals surface area contributed by atoms with E-state index >= 15 is 0 Å². The summed E-state index contributed by atoms with van der Waals surface area (Å²) in [6, 6.07) is -4.99. The number of aliphatic hydroxyl groups is 1. The van der Waals surface area contributed by atoms with Gasteiger partial charge in [0.2, 0.25) is 47.3 Å². The third-order valence-corrected chi connectivity index (χ3v) is 12.4. The molecule has 0 aromatic heterocycles. The summed E-state index contributed by atoms with van der Waals surface area (Å²) >= 11 is 1.38. The molecule has 0 radical (unpaired) electrons. The van der Waals surface area contributed by atoms with E-state index in [0.29, 0.717) is 56.4 Å². The number of carboxylic acid groups (broad SMARTS) is 2. The molecule has 1 aromatic carbocycles. The molecule has 8 atom stereocenters. The van der Waals surface area contributed by atoms with Crippen molar-refractivity contribution in [2.75, 3.05) is 44.8 Å². The van der Waals surface area contributed by atoms with E-state index < -0.39 is 139 Å². The smallest absolute Gasteiger partial charge is 0.326 e. The largest absolute Gasteiger partial charge is 0.508 e. The van der Waals surface area contributed by atoms with Gasteiger partial charge in [0.15, 0.2) is 0 Å². The number of rotatable bonds is 34. The number of nitrogens with one attached hydrogen (secondary N) is 7. The molecule has 1 aliphatic rings. The Balaban J connectivity index is 2.35. The van der Waals surface area contributed by atoms with Crippen molar-refractivity contribution in [2.24, 2.45) is 23.1 Å². The van der Waals surface area contributed by atoms with Gasteiger partial charge in [0.1, 0.15) is 48.0 Å². The van der Waals surface area contributed by atoms with Crippen molar-refractivity contribution in [3.05, 3.63) is 29.8 Å². The second-order valence-electron chi connectivity index (χ2n) is 17.8. The minimum atomic E-state index is -1.71. The van der Waals surface area contributed by atoms with Crippen LogP contribution in [0.15, 0.2) is 24.3 Å². The molecule has 1 heterocycles. The second kappa shape index (κ2) is 32.8. The van der Waals surface area contributed by atoms with Crippen molar-refractivity contribution in [3.8, 4) is 5.75 Å². The van der Waals surface area contributed by atoms with Crippen LogP contribution in [0.5, 0.6) is 5.75 Å². The van der Waals surface area contributed by atoms with Gasteiger partial charge in [-0.3, -0.25) is 43.2 Å². The van der Waals surface area contributed by atoms with E-state index in [-0.39, 0.29) is 44.5 Å². The zero-order chi connectivity index (χ0) is 53.9. The lowest BCUT2D eigenvalue weighted by Crippen LogP contribution is -2.60. The summed E-state index contributed by atoms with van der Waals surface area (Å²) in [5, 5.41) is 56.6. The lowest BCUT2D eigenvalue weighted by molar-refractivity contribution is -0.145. The van der Waals surface area contributed by atoms with Gasteiger partial charge < -0.3 is 79.7 Å². The number of phenolic OH excluding ortho intramolecular Hbond substituents is 1. The molecule has 26 heteroatoms. The second-order valence-corrected chi connectivity index (χ2v) is 18.8. The first-order chi connectivity index (χ1) is 34.2. The summed E-state index contributed by atoms with van der Waals surface area (Å²) in [7, 11) is 0. The van der Waals surface area contributed by atoms with E-state index in [1.54, 1.807) is 20.1 Å². The highest BCUT2D eigenvalue weighted by Gasteiger charge is 2.38. The van der Waals surface area contributed by atoms with Crippen LogP contribution >= 0.6 is 11.8 Å². The minimum absolute atomic E-state index is 0.0122. The van der Waals surface area contributed by atoms with Crippen molar-refractivity contribution >= 4 is 71.0 Å². The number of benzene rings is 1. The number of nitrogens with zero attached hydrogens (tertiary/aromatic N) is 1. The van der Waals surface area contributed by atoms with Gasteiger partial charge in [-0.1, -0.05) is 32.4 Å². The molecule has 0 bridgehead atoms. The van der Waals surface area contributed by atoms with Crippen LogP contribution in [0.2, 0.25) is 0 Å². The first kappa shape index (κ1) is 62.0. The molecule has 2 rings (SSSR count). The number of aromatic hydroxyl groups is 1. The van der Waals surface area contributed by atoms with Crippen molar-refractivity contribution in [2.45, 2.75) is 139 Å². The first-order valence-electron chi connectivity index (χ1n) is 24.0. The molecular weight excluding hydrogens is 963 g/mol. The number of phenols is 1. The Kier molecular flexibility index (Phi) is 28.3. The number of amides is 8. The highest BCUT2D eigenvalue weighted by Crippen LogP contribution is 2.19. The number of hydrogen-bond donors (Lipinski definition) is 14. The fourth-order valence-corrected chi connectivity index (χ4v) is 8.04. The maximum Gasteiger partial charge on any atom is 0.326 e. The summed E-state index contributed by atoms with van der Waals surface area (Å²) in [4.78, 5) is 133. The van der Waals surface area contributed by atoms with Crippen molar-refractivity contribution in [1.29, 1.82) is 0 Å². The van der Waals surface area contributed by atoms with Crippen molar-refractivity contribution in [1.82, 2.24) is 42.1 Å². The number of carboxylic acids is 2. The van der Waals surface area contributed by atoms with E-state index in [1.807, 2.05) is 0 Å². The van der Waals surface area contributed by atoms with Gasteiger partial charge in [-0.25, -0.2) is 4.79 Å². The van der Waals surface area contributed by atoms with E-state index in [1.165, 1.54) is 40.9 Å². The lowest BCUT2D eigenvalue weighted by atomic mass is 10.0. The quantitative estimate of drug-likeness (QED) is 0.0304. The molecule has 404 valence electrons. The Morgan fingerprint density at radius 2 is 1.22 bits per heavy atom. The lowest BCUT2D eigenvalue weighted by Gasteiger charge is -2.28. The number of carbonyl (C=O) groups excluding carboxylic acids is 8. The van der Waals surface area contributed by atoms with Gasteiger partial charge >= 0.3 is 11.9 Å². The zero-order valence-corrected chi connectivity index (χ0v) is 42.0. The van der Waals surface area contributed by atoms with Gasteiger partial charge in [-0.2, -0.15) is 11.8 Å². The first-order valence-corrected chi connectivity index (χ1v) is 25.4. The van der Waals surface area contributed by atoms with Gasteiger partial charge in [0, 0.05) is 19.4 Å². The molecule has 8 amide bonds. The van der Waals surface area contributed by atoms with Crippen LogP contribution in [0.1, 0.15) is 90.0 Å². The molecule has 1 fully saturated rings. The number of unbranched alkanes of at least 4 members (excludes halogenated alkanes) is 2. The summed E-state index contributed by atoms with van der Waals surface area (Å²) in [6.45, 7) is 2.47. The number of carbonyl (C=O) groups is 10. The van der Waals surface area contributed by atoms with Crippen molar-refractivity contribution < 1.29 is 68.4 Å². The molecule has 1 aliphatic heterocycles. The molecule has 1 saturated heterocycles. The van der Waals surface area contributed by atoms with Crippen LogP contribution in [0, 0.1) is 5.92 Å². The maximum absolute atomic E-state index is 14.2. The number of thioether (sulfide) groups is 1. The highest BCUT2D eigenvalue weighted by atomic mass is 32.2. The molecule has 1 aromatic rings. The zero-order valence-electron chi connectivity index (χ0n) is 41.2. The Hall–Kier alpha value is -6.09. The monoisotopic (exact) mass is 1040 g/mol. The molecule has 17 N–H and O–H groups in total. The number of aliphatic hydroxyl groups excluding tert-OH is 1. The Bertz CT molecular complexity index is 1980. The van der Waals surface area contributed by atoms with Gasteiger partial charge in [0.05, 0.1) is 19.2 Å². The third kappa shape index (κ3) is 21.7. The van der Waals surface area contributed by atoms with E-state index in [9.17, 15) is 68.4 Å². The normalized spacial score (nSPS) is 16.2. The predicted molar refractivity (Wildman–Crippen MR) is 264 cm³/mol. The summed E-state index contributed by atoms with van der Waals surface area (Å²) in [6.07, 6.45) is 3.40. The molecule has 0 saturated carbocycles. The molecule has 0 unspecified atom stereocenters. The maximum atomic E-state index is 14.2. The average Bonchev–Trinajstić information content (AvgIpc) is 3.84. The third-order valence-electron chi connectivity index (χ3n) is 11.8. The predicted octanol–water partition coefficient (Wildman–Crippen LogP) is -3.11. The van der Waals surface area contributed by atoms with Gasteiger partial charge in [-0.05, 0) is 106 Å². The number of hydrogen-bond acceptors (Lipinski definition) is 16. The van der Waals surface area contributed by atoms with Crippen LogP contribution < -0.4 is 54.4 Å². The van der Waals surface area contributed by atoms with E-state index in [0.717, 1.165) is 0 Å². The fraction of sp³-hybridized carbons (Fsp3) is 0.652. The number of nitrogens with two attached hydrogens (primary N) is 3. The topological polar surface area (TPSA) is 417 Å². The highest BCUT2D eigenvalue weighted by molar-refractivity contribution is 7.98. The summed E-state index contributed by atoms with van der Waals surface area (Å²) < 4.78 is 0. The van der Waals surface area contributed by atoms with Crippen LogP contribution in [0.25, 0.3) is 0 Å². The fourth-order valence-electron chi connectivity index (χ4n) is 7.57. The van der Waals surface area contributed by atoms with E-state index in [2.05, 4.69) is 37.2 Å². The average molecular weight is 1040 g/mol. The Labute approximate surface area is 423 Å². The summed E-state index contributed by atoms with van der Waals surface area (Å²) in [5.41, 5.74) is 17.7. The molecule has 25 nitrogen and oxygen atoms in total. The van der Waals surface area contributed by atoms with Crippen LogP contribution in [0.3, 0.4) is 0 Å². The SMILES string of the molecule is CSCC[C@H](NC(=O)[C@@H](N)CCCCN)C(=O)N[C@@H](CO)C(=O)N[C@@H](CCC(=O)O)C(=O)N[C@@H](Cc1ccc(O)cc1)C(=O)N[C@@H](CCCCN)C(=O)NCC(=O)N1CCC[C@H]1C(=O)N[C@H](C(=O)O)C(C)C. The minimum Gasteiger partial charge on any atom is -0.508 e. The van der Waals surface area contributed by atoms with Crippen LogP contribution in [-0.2, 0) is 54.4 Å². The van der Waals surface area contributed by atoms with Crippen molar-refractivity contribution in [3.63, 3.8) is 0 Å². The molecule has 72 heavy (non-hydrogen) atoms. The molecule has 0 aliphatic carbocycles. The number of aliphatic carboxylic acids is 2. The Morgan fingerprint density at radius 3 is 1.78 bits per heavy atom. The summed E-state index contributed by atoms with van der Waals surface area (Å²) in [5.74, 6) is -9.43. The van der Waals surface area contributed by atoms with Gasteiger partial charge in [-0.15, -0.1) is 0 Å². The molecular formula is C46H75N11O14S. The van der Waals surface area contributed by atoms with E-state index in [4.69, 9.17) is 17.2 Å². The van der Waals surface area contributed by atoms with Gasteiger partial charge in [0.25, 0.3) is 0 Å². The molecule has 0 spiro atoms. The van der Waals surface area contributed by atoms with Crippen LogP contribution in [-0.4, -0.2) is 178 Å². The van der Waals surface area contributed by atoms with Crippen LogP contribution in [0.4, 0.5) is 0 Å². The standard InChI is InChI=1S/C46H75N11O14S/c1-26(2)38(46(70)71)56-45(69)35-11-8-21-57(35)36(60)24-50-40(64)30(10-5-7-20-48)52-43(67)33(23-27-12-14-28(59)15-13-27)54-41(65)31(16-17-37(61)62)53-44(68)34(25-58)55-42(66)32(18-22-72-3)51-39(63)29(49)9-4-6-19-47/h12-15,26,29-35,38,58-59H,4-11,16-25,47-49H2,1-3H3,(H,50,64)(H,51,63)(H,52,67)(H,53,68)(H,54,65)(H,55,66)(H,56,69)(H,61,62)(H,70,71)/t29-,30-,31-,32-,33-,34-,35-,38-/m0/s1. The Morgan fingerprint density at radius 1 is 0.694 bits per heavy atom.